The van der Waals surface area contributed by atoms with Gasteiger partial charge in [-0.2, -0.15) is 0 Å². The molecule has 0 aliphatic heterocycles. The second-order valence-corrected chi connectivity index (χ2v) is 6.16. The maximum Gasteiger partial charge on any atom is 0.252 e. The maximum absolute atomic E-state index is 12.4. The van der Waals surface area contributed by atoms with Crippen molar-refractivity contribution < 1.29 is 9.59 Å². The lowest BCUT2D eigenvalue weighted by Gasteiger charge is -2.11. The van der Waals surface area contributed by atoms with Crippen molar-refractivity contribution >= 4 is 40.0 Å². The maximum atomic E-state index is 12.4. The van der Waals surface area contributed by atoms with E-state index in [0.29, 0.717) is 16.3 Å². The highest BCUT2D eigenvalue weighted by atomic mass is 35.5. The van der Waals surface area contributed by atoms with Gasteiger partial charge in [0, 0.05) is 23.9 Å². The van der Waals surface area contributed by atoms with Gasteiger partial charge >= 0.3 is 0 Å². The van der Waals surface area contributed by atoms with Crippen molar-refractivity contribution in [3.63, 3.8) is 0 Å². The predicted octanol–water partition coefficient (Wildman–Crippen LogP) is 3.60. The van der Waals surface area contributed by atoms with Crippen LogP contribution in [0.1, 0.15) is 16.1 Å². The van der Waals surface area contributed by atoms with Crippen molar-refractivity contribution in [3.05, 3.63) is 64.8 Å². The summed E-state index contributed by atoms with van der Waals surface area (Å²) >= 11 is 6.03. The molecule has 5 nitrogen and oxygen atoms in total. The molecule has 128 valence electrons. The largest absolute Gasteiger partial charge is 0.355 e. The molecule has 0 fully saturated rings. The number of benzene rings is 2. The van der Waals surface area contributed by atoms with Crippen molar-refractivity contribution in [1.82, 2.24) is 9.88 Å². The van der Waals surface area contributed by atoms with Crippen molar-refractivity contribution in [2.75, 3.05) is 12.4 Å². The molecule has 1 aromatic heterocycles. The van der Waals surface area contributed by atoms with Gasteiger partial charge in [-0.3, -0.25) is 9.59 Å². The number of carbonyl (C=O) groups excluding carboxylic acids is 2. The van der Waals surface area contributed by atoms with Crippen LogP contribution < -0.4 is 10.6 Å². The van der Waals surface area contributed by atoms with Crippen LogP contribution in [0, 0.1) is 6.92 Å². The van der Waals surface area contributed by atoms with Crippen LogP contribution in [0.5, 0.6) is 0 Å². The zero-order chi connectivity index (χ0) is 18.0. The molecule has 0 saturated carbocycles. The fraction of sp³-hybridized carbons (Fsp3) is 0.158. The summed E-state index contributed by atoms with van der Waals surface area (Å²) in [5.41, 5.74) is 2.88. The molecule has 2 N–H and O–H groups in total. The van der Waals surface area contributed by atoms with E-state index >= 15 is 0 Å². The van der Waals surface area contributed by atoms with Crippen LogP contribution in [-0.4, -0.2) is 23.4 Å². The monoisotopic (exact) mass is 355 g/mol. The summed E-state index contributed by atoms with van der Waals surface area (Å²) in [5, 5.41) is 6.78. The molecule has 6 heteroatoms. The van der Waals surface area contributed by atoms with E-state index in [4.69, 9.17) is 11.6 Å². The van der Waals surface area contributed by atoms with Gasteiger partial charge in [0.1, 0.15) is 6.54 Å². The summed E-state index contributed by atoms with van der Waals surface area (Å²) < 4.78 is 1.96. The number of anilines is 1. The quantitative estimate of drug-likeness (QED) is 0.751. The molecule has 0 saturated heterocycles. The van der Waals surface area contributed by atoms with Crippen LogP contribution in [0.25, 0.3) is 10.9 Å². The first-order valence-corrected chi connectivity index (χ1v) is 8.23. The Hall–Kier alpha value is -2.79. The van der Waals surface area contributed by atoms with E-state index in [2.05, 4.69) is 16.7 Å². The number of amides is 2. The third-order valence-corrected chi connectivity index (χ3v) is 4.37. The summed E-state index contributed by atoms with van der Waals surface area (Å²) in [6, 6.07) is 14.8. The van der Waals surface area contributed by atoms with Gasteiger partial charge in [-0.1, -0.05) is 29.8 Å². The molecule has 0 radical (unpaired) electrons. The zero-order valence-corrected chi connectivity index (χ0v) is 14.7. The first-order chi connectivity index (χ1) is 12.0. The highest BCUT2D eigenvalue weighted by Gasteiger charge is 2.13. The highest BCUT2D eigenvalue weighted by molar-refractivity contribution is 6.34. The summed E-state index contributed by atoms with van der Waals surface area (Å²) in [6.07, 6.45) is 0. The third kappa shape index (κ3) is 3.51. The van der Waals surface area contributed by atoms with Gasteiger partial charge in [-0.15, -0.1) is 0 Å². The second kappa shape index (κ2) is 6.99. The van der Waals surface area contributed by atoms with E-state index in [9.17, 15) is 9.59 Å². The number of hydrogen-bond donors (Lipinski definition) is 2. The van der Waals surface area contributed by atoms with Crippen molar-refractivity contribution in [2.45, 2.75) is 13.5 Å². The zero-order valence-electron chi connectivity index (χ0n) is 14.0. The van der Waals surface area contributed by atoms with Crippen LogP contribution in [-0.2, 0) is 11.3 Å². The Morgan fingerprint density at radius 1 is 1.12 bits per heavy atom. The van der Waals surface area contributed by atoms with Gasteiger partial charge in [0.2, 0.25) is 5.91 Å². The average Bonchev–Trinajstić information content (AvgIpc) is 2.91. The molecule has 0 unspecified atom stereocenters. The van der Waals surface area contributed by atoms with Gasteiger partial charge in [0.05, 0.1) is 10.6 Å². The number of fused-ring (bicyclic) bond motifs is 1. The van der Waals surface area contributed by atoms with E-state index < -0.39 is 0 Å². The fourth-order valence-corrected chi connectivity index (χ4v) is 3.02. The summed E-state index contributed by atoms with van der Waals surface area (Å²) in [6.45, 7) is 2.16. The van der Waals surface area contributed by atoms with Gasteiger partial charge in [-0.25, -0.2) is 0 Å². The summed E-state index contributed by atoms with van der Waals surface area (Å²) in [4.78, 5) is 24.3. The SMILES string of the molecule is CNC(=O)c1cc(NC(=O)Cn2c(C)cc3ccccc32)ccc1Cl. The first-order valence-electron chi connectivity index (χ1n) is 7.86. The molecule has 25 heavy (non-hydrogen) atoms. The van der Waals surface area contributed by atoms with E-state index in [-0.39, 0.29) is 18.4 Å². The molecule has 0 atom stereocenters. The third-order valence-electron chi connectivity index (χ3n) is 4.04. The Balaban J connectivity index is 1.81. The van der Waals surface area contributed by atoms with Crippen LogP contribution in [0.3, 0.4) is 0 Å². The lowest BCUT2D eigenvalue weighted by Crippen LogP contribution is -2.21. The number of carbonyl (C=O) groups is 2. The standard InChI is InChI=1S/C19H18ClN3O2/c1-12-9-13-5-3-4-6-17(13)23(12)11-18(24)22-14-7-8-16(20)15(10-14)19(25)21-2/h3-10H,11H2,1-2H3,(H,21,25)(H,22,24). The molecule has 0 aliphatic carbocycles. The second-order valence-electron chi connectivity index (χ2n) is 5.75. The molecule has 2 aromatic carbocycles. The Morgan fingerprint density at radius 2 is 1.88 bits per heavy atom. The molecule has 2 amide bonds. The van der Waals surface area contributed by atoms with Crippen LogP contribution in [0.4, 0.5) is 5.69 Å². The minimum absolute atomic E-state index is 0.172. The minimum atomic E-state index is -0.298. The van der Waals surface area contributed by atoms with E-state index in [1.54, 1.807) is 18.2 Å². The molecule has 0 bridgehead atoms. The smallest absolute Gasteiger partial charge is 0.252 e. The fourth-order valence-electron chi connectivity index (χ4n) is 2.81. The number of aromatic nitrogens is 1. The number of nitrogens with one attached hydrogen (secondary N) is 2. The molecule has 3 rings (SSSR count). The number of para-hydroxylation sites is 1. The van der Waals surface area contributed by atoms with Gasteiger partial charge in [-0.05, 0) is 42.6 Å². The number of rotatable bonds is 4. The Morgan fingerprint density at radius 3 is 2.64 bits per heavy atom. The highest BCUT2D eigenvalue weighted by Crippen LogP contribution is 2.22. The number of hydrogen-bond acceptors (Lipinski definition) is 2. The number of nitrogens with zero attached hydrogens (tertiary/aromatic N) is 1. The Kier molecular flexibility index (Phi) is 4.76. The van der Waals surface area contributed by atoms with Gasteiger partial charge in [0.15, 0.2) is 0 Å². The molecule has 0 spiro atoms. The topological polar surface area (TPSA) is 63.1 Å². The molecule has 3 aromatic rings. The molecule has 1 heterocycles. The van der Waals surface area contributed by atoms with Crippen molar-refractivity contribution in [2.24, 2.45) is 0 Å². The molecule has 0 aliphatic rings. The molecular weight excluding hydrogens is 338 g/mol. The van der Waals surface area contributed by atoms with E-state index in [1.807, 2.05) is 35.8 Å². The lowest BCUT2D eigenvalue weighted by atomic mass is 10.2. The minimum Gasteiger partial charge on any atom is -0.355 e. The van der Waals surface area contributed by atoms with Crippen molar-refractivity contribution in [3.8, 4) is 0 Å². The first kappa shape index (κ1) is 17.0. The van der Waals surface area contributed by atoms with Crippen LogP contribution >= 0.6 is 11.6 Å². The predicted molar refractivity (Wildman–Crippen MR) is 100 cm³/mol. The van der Waals surface area contributed by atoms with Gasteiger partial charge in [0.25, 0.3) is 5.91 Å². The van der Waals surface area contributed by atoms with E-state index in [0.717, 1.165) is 16.6 Å². The Labute approximate surface area is 150 Å². The lowest BCUT2D eigenvalue weighted by molar-refractivity contribution is -0.116. The number of halogens is 1. The normalized spacial score (nSPS) is 10.7. The summed E-state index contributed by atoms with van der Waals surface area (Å²) in [5.74, 6) is -0.469. The average molecular weight is 356 g/mol. The van der Waals surface area contributed by atoms with E-state index in [1.165, 1.54) is 7.05 Å². The van der Waals surface area contributed by atoms with Crippen molar-refractivity contribution in [1.29, 1.82) is 0 Å². The van der Waals surface area contributed by atoms with Gasteiger partial charge < -0.3 is 15.2 Å². The number of aryl methyl sites for hydroxylation is 1. The van der Waals surface area contributed by atoms with Crippen LogP contribution in [0.2, 0.25) is 5.02 Å². The molecular formula is C19H18ClN3O2. The van der Waals surface area contributed by atoms with Crippen LogP contribution in [0.15, 0.2) is 48.5 Å². The Bertz CT molecular complexity index is 962. The summed E-state index contributed by atoms with van der Waals surface area (Å²) in [7, 11) is 1.53.